The van der Waals surface area contributed by atoms with Gasteiger partial charge in [0.15, 0.2) is 0 Å². The van der Waals surface area contributed by atoms with Gasteiger partial charge in [0.25, 0.3) is 0 Å². The lowest BCUT2D eigenvalue weighted by molar-refractivity contribution is 0.415. The van der Waals surface area contributed by atoms with E-state index in [2.05, 4.69) is 10.2 Å². The van der Waals surface area contributed by atoms with Gasteiger partial charge in [-0.15, -0.1) is 22.0 Å². The van der Waals surface area contributed by atoms with Crippen LogP contribution in [0.15, 0.2) is 51.8 Å². The Bertz CT molecular complexity index is 837. The molecule has 2 aromatic carbocycles. The Hall–Kier alpha value is -2.41. The third-order valence-corrected chi connectivity index (χ3v) is 4.46. The van der Waals surface area contributed by atoms with Gasteiger partial charge in [-0.1, -0.05) is 0 Å². The van der Waals surface area contributed by atoms with Crippen molar-refractivity contribution in [2.75, 3.05) is 7.11 Å². The number of halogens is 2. The molecule has 0 aliphatic heterocycles. The van der Waals surface area contributed by atoms with E-state index in [9.17, 15) is 8.78 Å². The highest BCUT2D eigenvalue weighted by atomic mass is 32.2. The molecular weight excluding hydrogens is 334 g/mol. The van der Waals surface area contributed by atoms with Crippen LogP contribution in [0.25, 0.3) is 11.5 Å². The van der Waals surface area contributed by atoms with E-state index in [1.807, 2.05) is 19.1 Å². The molecule has 0 aliphatic carbocycles. The average Bonchev–Trinajstić information content (AvgIpc) is 3.07. The third kappa shape index (κ3) is 3.56. The zero-order valence-corrected chi connectivity index (χ0v) is 13.8. The summed E-state index contributed by atoms with van der Waals surface area (Å²) < 4.78 is 37.4. The summed E-state index contributed by atoms with van der Waals surface area (Å²) in [6.07, 6.45) is 0. The van der Waals surface area contributed by atoms with Crippen LogP contribution in [0.5, 0.6) is 5.75 Å². The second-order valence-electron chi connectivity index (χ2n) is 5.01. The van der Waals surface area contributed by atoms with E-state index in [0.717, 1.165) is 17.4 Å². The molecule has 0 bridgehead atoms. The van der Waals surface area contributed by atoms with Gasteiger partial charge in [-0.3, -0.25) is 0 Å². The summed E-state index contributed by atoms with van der Waals surface area (Å²) in [5.74, 6) is 0.259. The van der Waals surface area contributed by atoms with E-state index in [-0.39, 0.29) is 5.25 Å². The minimum atomic E-state index is -0.609. The highest BCUT2D eigenvalue weighted by molar-refractivity contribution is 7.99. The SMILES string of the molecule is COc1ccc(-c2nnc(C(C)Sc3ccc(F)cc3F)o2)cc1. The van der Waals surface area contributed by atoms with Crippen LogP contribution in [0.3, 0.4) is 0 Å². The van der Waals surface area contributed by atoms with Gasteiger partial charge in [0, 0.05) is 16.5 Å². The average molecular weight is 348 g/mol. The highest BCUT2D eigenvalue weighted by Crippen LogP contribution is 2.36. The summed E-state index contributed by atoms with van der Waals surface area (Å²) in [5.41, 5.74) is 0.764. The molecule has 24 heavy (non-hydrogen) atoms. The summed E-state index contributed by atoms with van der Waals surface area (Å²) in [6, 6.07) is 10.7. The first-order chi connectivity index (χ1) is 11.6. The fraction of sp³-hybridized carbons (Fsp3) is 0.176. The molecule has 1 atom stereocenters. The van der Waals surface area contributed by atoms with E-state index in [1.165, 1.54) is 23.9 Å². The Labute approximate surface area is 141 Å². The third-order valence-electron chi connectivity index (χ3n) is 3.32. The number of hydrogen-bond acceptors (Lipinski definition) is 5. The predicted molar refractivity (Wildman–Crippen MR) is 86.9 cm³/mol. The fourth-order valence-electron chi connectivity index (χ4n) is 2.06. The van der Waals surface area contributed by atoms with Gasteiger partial charge in [-0.25, -0.2) is 8.78 Å². The molecule has 0 aliphatic rings. The lowest BCUT2D eigenvalue weighted by Gasteiger charge is -2.07. The molecule has 0 saturated heterocycles. The Morgan fingerprint density at radius 2 is 1.83 bits per heavy atom. The first-order valence-electron chi connectivity index (χ1n) is 7.16. The standard InChI is InChI=1S/C17H14F2N2O2S/c1-10(24-15-8-5-12(18)9-14(15)19)16-20-21-17(23-16)11-3-6-13(22-2)7-4-11/h3-10H,1-2H3. The molecule has 0 fully saturated rings. The smallest absolute Gasteiger partial charge is 0.247 e. The van der Waals surface area contributed by atoms with Crippen molar-refractivity contribution >= 4 is 11.8 Å². The maximum atomic E-state index is 13.7. The number of hydrogen-bond donors (Lipinski definition) is 0. The van der Waals surface area contributed by atoms with Crippen LogP contribution >= 0.6 is 11.8 Å². The van der Waals surface area contributed by atoms with Gasteiger partial charge in [0.1, 0.15) is 17.4 Å². The summed E-state index contributed by atoms with van der Waals surface area (Å²) in [5, 5.41) is 7.76. The van der Waals surface area contributed by atoms with Crippen LogP contribution in [-0.4, -0.2) is 17.3 Å². The van der Waals surface area contributed by atoms with Crippen molar-refractivity contribution in [3.05, 3.63) is 60.0 Å². The molecule has 3 rings (SSSR count). The Morgan fingerprint density at radius 1 is 1.08 bits per heavy atom. The topological polar surface area (TPSA) is 48.2 Å². The van der Waals surface area contributed by atoms with Crippen molar-refractivity contribution in [1.29, 1.82) is 0 Å². The maximum absolute atomic E-state index is 13.7. The quantitative estimate of drug-likeness (QED) is 0.615. The molecule has 0 amide bonds. The van der Waals surface area contributed by atoms with Crippen molar-refractivity contribution in [2.45, 2.75) is 17.1 Å². The predicted octanol–water partition coefficient (Wildman–Crippen LogP) is 4.88. The zero-order valence-electron chi connectivity index (χ0n) is 13.0. The minimum absolute atomic E-state index is 0.274. The summed E-state index contributed by atoms with van der Waals surface area (Å²) in [4.78, 5) is 0.327. The normalized spacial score (nSPS) is 12.2. The summed E-state index contributed by atoms with van der Waals surface area (Å²) in [7, 11) is 1.59. The van der Waals surface area contributed by atoms with Gasteiger partial charge < -0.3 is 9.15 Å². The number of methoxy groups -OCH3 is 1. The number of rotatable bonds is 5. The molecule has 0 radical (unpaired) electrons. The Kier molecular flexibility index (Phi) is 4.80. The lowest BCUT2D eigenvalue weighted by Crippen LogP contribution is -1.91. The van der Waals surface area contributed by atoms with Crippen LogP contribution in [0.2, 0.25) is 0 Å². The van der Waals surface area contributed by atoms with Crippen LogP contribution < -0.4 is 4.74 Å². The number of nitrogens with zero attached hydrogens (tertiary/aromatic N) is 2. The van der Waals surface area contributed by atoms with Crippen molar-refractivity contribution in [2.24, 2.45) is 0 Å². The molecule has 0 spiro atoms. The molecule has 4 nitrogen and oxygen atoms in total. The largest absolute Gasteiger partial charge is 0.497 e. The molecule has 1 heterocycles. The summed E-state index contributed by atoms with van der Waals surface area (Å²) >= 11 is 1.19. The number of aromatic nitrogens is 2. The molecule has 7 heteroatoms. The molecule has 0 N–H and O–H groups in total. The Morgan fingerprint density at radius 3 is 2.50 bits per heavy atom. The van der Waals surface area contributed by atoms with Crippen molar-refractivity contribution in [1.82, 2.24) is 10.2 Å². The zero-order chi connectivity index (χ0) is 17.1. The maximum Gasteiger partial charge on any atom is 0.247 e. The van der Waals surface area contributed by atoms with Crippen LogP contribution in [0, 0.1) is 11.6 Å². The number of thioether (sulfide) groups is 1. The second kappa shape index (κ2) is 7.00. The van der Waals surface area contributed by atoms with Crippen molar-refractivity contribution in [3.63, 3.8) is 0 Å². The van der Waals surface area contributed by atoms with Gasteiger partial charge in [0.2, 0.25) is 11.8 Å². The van der Waals surface area contributed by atoms with E-state index in [1.54, 1.807) is 19.2 Å². The highest BCUT2D eigenvalue weighted by Gasteiger charge is 2.18. The Balaban J connectivity index is 1.76. The minimum Gasteiger partial charge on any atom is -0.497 e. The first-order valence-corrected chi connectivity index (χ1v) is 8.04. The molecule has 124 valence electrons. The fourth-order valence-corrected chi connectivity index (χ4v) is 2.96. The second-order valence-corrected chi connectivity index (χ2v) is 6.39. The van der Waals surface area contributed by atoms with Crippen LogP contribution in [-0.2, 0) is 0 Å². The lowest BCUT2D eigenvalue weighted by atomic mass is 10.2. The van der Waals surface area contributed by atoms with E-state index < -0.39 is 11.6 Å². The van der Waals surface area contributed by atoms with Crippen LogP contribution in [0.4, 0.5) is 8.78 Å². The molecule has 3 aromatic rings. The van der Waals surface area contributed by atoms with E-state index in [0.29, 0.717) is 16.7 Å². The van der Waals surface area contributed by atoms with Gasteiger partial charge in [-0.2, -0.15) is 0 Å². The van der Waals surface area contributed by atoms with Gasteiger partial charge >= 0.3 is 0 Å². The van der Waals surface area contributed by atoms with Gasteiger partial charge in [-0.05, 0) is 43.3 Å². The molecule has 1 unspecified atom stereocenters. The van der Waals surface area contributed by atoms with Crippen LogP contribution in [0.1, 0.15) is 18.1 Å². The first kappa shape index (κ1) is 16.4. The number of ether oxygens (including phenoxy) is 1. The van der Waals surface area contributed by atoms with Crippen molar-refractivity contribution in [3.8, 4) is 17.2 Å². The van der Waals surface area contributed by atoms with Crippen molar-refractivity contribution < 1.29 is 17.9 Å². The monoisotopic (exact) mass is 348 g/mol. The van der Waals surface area contributed by atoms with Gasteiger partial charge in [0.05, 0.1) is 12.4 Å². The molecular formula is C17H14F2N2O2S. The van der Waals surface area contributed by atoms with E-state index >= 15 is 0 Å². The van der Waals surface area contributed by atoms with E-state index in [4.69, 9.17) is 9.15 Å². The molecule has 0 saturated carbocycles. The number of benzene rings is 2. The molecule has 1 aromatic heterocycles. The summed E-state index contributed by atoms with van der Waals surface area (Å²) in [6.45, 7) is 1.82.